The van der Waals surface area contributed by atoms with Crippen LogP contribution in [0.3, 0.4) is 0 Å². The molecule has 0 fully saturated rings. The highest BCUT2D eigenvalue weighted by atomic mass is 19.1. The highest BCUT2D eigenvalue weighted by molar-refractivity contribution is 5.92. The lowest BCUT2D eigenvalue weighted by atomic mass is 10.1. The highest BCUT2D eigenvalue weighted by Crippen LogP contribution is 2.19. The van der Waals surface area contributed by atoms with Crippen LogP contribution in [0.25, 0.3) is 0 Å². The summed E-state index contributed by atoms with van der Waals surface area (Å²) in [7, 11) is 0. The second-order valence-electron chi connectivity index (χ2n) is 3.60. The number of halogens is 1. The van der Waals surface area contributed by atoms with Gasteiger partial charge in [0.15, 0.2) is 11.6 Å². The van der Waals surface area contributed by atoms with Crippen LogP contribution in [-0.4, -0.2) is 24.0 Å². The fraction of sp³-hybridized carbons (Fsp3) is 0.273. The zero-order valence-electron chi connectivity index (χ0n) is 8.69. The maximum absolute atomic E-state index is 13.4. The third-order valence-corrected chi connectivity index (χ3v) is 2.56. The van der Waals surface area contributed by atoms with Crippen molar-refractivity contribution < 1.29 is 9.18 Å². The van der Waals surface area contributed by atoms with Gasteiger partial charge in [-0.25, -0.2) is 9.37 Å². The lowest BCUT2D eigenvalue weighted by molar-refractivity contribution is -0.114. The molecule has 1 aliphatic heterocycles. The summed E-state index contributed by atoms with van der Waals surface area (Å²) in [5.41, 5.74) is 5.77. The Kier molecular flexibility index (Phi) is 2.85. The first-order chi connectivity index (χ1) is 7.68. The Morgan fingerprint density at radius 2 is 2.38 bits per heavy atom. The van der Waals surface area contributed by atoms with Gasteiger partial charge in [0.1, 0.15) is 0 Å². The molecule has 0 radical (unpaired) electrons. The molecule has 0 bridgehead atoms. The van der Waals surface area contributed by atoms with Gasteiger partial charge in [-0.15, -0.1) is 0 Å². The van der Waals surface area contributed by atoms with Crippen molar-refractivity contribution in [2.45, 2.75) is 6.42 Å². The van der Waals surface area contributed by atoms with Gasteiger partial charge >= 0.3 is 0 Å². The number of amides is 1. The largest absolute Gasteiger partial charge is 0.366 e. The summed E-state index contributed by atoms with van der Waals surface area (Å²) >= 11 is 0. The fourth-order valence-electron chi connectivity index (χ4n) is 1.70. The Hall–Kier alpha value is -1.91. The number of aromatic nitrogens is 1. The Bertz CT molecular complexity index is 445. The van der Waals surface area contributed by atoms with Crippen LogP contribution in [0, 0.1) is 5.82 Å². The Morgan fingerprint density at radius 1 is 1.56 bits per heavy atom. The van der Waals surface area contributed by atoms with Crippen molar-refractivity contribution >= 4 is 11.7 Å². The zero-order chi connectivity index (χ0) is 11.5. The number of carbonyl (C=O) groups is 1. The lowest BCUT2D eigenvalue weighted by Crippen LogP contribution is -2.32. The first kappa shape index (κ1) is 10.6. The van der Waals surface area contributed by atoms with E-state index in [0.29, 0.717) is 30.9 Å². The molecule has 4 nitrogen and oxygen atoms in total. The summed E-state index contributed by atoms with van der Waals surface area (Å²) in [4.78, 5) is 16.7. The standard InChI is InChI=1S/C11H12FN3O/c12-9-2-1-5-14-11(9)15-6-3-8(4-7-15)10(13)16/h1-3,5H,4,6-7H2,(H2,13,16). The van der Waals surface area contributed by atoms with E-state index < -0.39 is 5.91 Å². The molecule has 2 rings (SSSR count). The van der Waals surface area contributed by atoms with E-state index in [0.717, 1.165) is 0 Å². The third-order valence-electron chi connectivity index (χ3n) is 2.56. The van der Waals surface area contributed by atoms with E-state index in [2.05, 4.69) is 4.98 Å². The smallest absolute Gasteiger partial charge is 0.244 e. The summed E-state index contributed by atoms with van der Waals surface area (Å²) in [5, 5.41) is 0. The minimum Gasteiger partial charge on any atom is -0.366 e. The van der Waals surface area contributed by atoms with E-state index in [1.54, 1.807) is 23.2 Å². The number of rotatable bonds is 2. The molecule has 0 atom stereocenters. The number of anilines is 1. The molecule has 2 N–H and O–H groups in total. The quantitative estimate of drug-likeness (QED) is 0.805. The van der Waals surface area contributed by atoms with E-state index in [4.69, 9.17) is 5.73 Å². The number of pyridine rings is 1. The topological polar surface area (TPSA) is 59.2 Å². The van der Waals surface area contributed by atoms with Crippen LogP contribution >= 0.6 is 0 Å². The van der Waals surface area contributed by atoms with E-state index >= 15 is 0 Å². The number of primary amides is 1. The van der Waals surface area contributed by atoms with Crippen molar-refractivity contribution in [3.05, 3.63) is 35.8 Å². The first-order valence-corrected chi connectivity index (χ1v) is 5.03. The van der Waals surface area contributed by atoms with Gasteiger partial charge < -0.3 is 10.6 Å². The van der Waals surface area contributed by atoms with Gasteiger partial charge in [-0.1, -0.05) is 6.08 Å². The molecule has 2 heterocycles. The molecule has 1 aromatic heterocycles. The Labute approximate surface area is 92.6 Å². The molecule has 16 heavy (non-hydrogen) atoms. The van der Waals surface area contributed by atoms with Crippen molar-refractivity contribution in [2.24, 2.45) is 5.73 Å². The van der Waals surface area contributed by atoms with Crippen LogP contribution in [0.1, 0.15) is 6.42 Å². The van der Waals surface area contributed by atoms with Crippen molar-refractivity contribution in [2.75, 3.05) is 18.0 Å². The average molecular weight is 221 g/mol. The van der Waals surface area contributed by atoms with E-state index in [1.807, 2.05) is 0 Å². The highest BCUT2D eigenvalue weighted by Gasteiger charge is 2.18. The molecule has 0 saturated heterocycles. The number of hydrogen-bond donors (Lipinski definition) is 1. The van der Waals surface area contributed by atoms with Gasteiger partial charge in [0.25, 0.3) is 0 Å². The van der Waals surface area contributed by atoms with Crippen LogP contribution in [0.15, 0.2) is 30.0 Å². The number of carbonyl (C=O) groups excluding carboxylic acids is 1. The van der Waals surface area contributed by atoms with Crippen molar-refractivity contribution in [3.63, 3.8) is 0 Å². The average Bonchev–Trinajstić information content (AvgIpc) is 2.30. The summed E-state index contributed by atoms with van der Waals surface area (Å²) in [6, 6.07) is 2.92. The molecular formula is C11H12FN3O. The summed E-state index contributed by atoms with van der Waals surface area (Å²) in [6.45, 7) is 1.02. The minimum absolute atomic E-state index is 0.322. The fourth-order valence-corrected chi connectivity index (χ4v) is 1.70. The van der Waals surface area contributed by atoms with Crippen molar-refractivity contribution in [3.8, 4) is 0 Å². The van der Waals surface area contributed by atoms with Gasteiger partial charge in [0.05, 0.1) is 0 Å². The maximum Gasteiger partial charge on any atom is 0.244 e. The maximum atomic E-state index is 13.4. The number of nitrogens with zero attached hydrogens (tertiary/aromatic N) is 2. The predicted octanol–water partition coefficient (Wildman–Crippen LogP) is 0.842. The third kappa shape index (κ3) is 2.03. The summed E-state index contributed by atoms with van der Waals surface area (Å²) in [6.07, 6.45) is 3.80. The zero-order valence-corrected chi connectivity index (χ0v) is 8.69. The molecule has 5 heteroatoms. The second-order valence-corrected chi connectivity index (χ2v) is 3.60. The van der Waals surface area contributed by atoms with Gasteiger partial charge in [0, 0.05) is 24.9 Å². The predicted molar refractivity (Wildman–Crippen MR) is 58.3 cm³/mol. The number of nitrogens with two attached hydrogens (primary N) is 1. The van der Waals surface area contributed by atoms with E-state index in [-0.39, 0.29) is 5.82 Å². The van der Waals surface area contributed by atoms with Crippen LogP contribution < -0.4 is 10.6 Å². The Balaban J connectivity index is 2.16. The molecule has 1 aromatic rings. The lowest BCUT2D eigenvalue weighted by Gasteiger charge is -2.26. The molecule has 0 aromatic carbocycles. The molecule has 0 aliphatic carbocycles. The van der Waals surface area contributed by atoms with Crippen molar-refractivity contribution in [1.29, 1.82) is 0 Å². The number of hydrogen-bond acceptors (Lipinski definition) is 3. The van der Waals surface area contributed by atoms with Crippen LogP contribution in [0.2, 0.25) is 0 Å². The normalized spacial score (nSPS) is 15.8. The monoisotopic (exact) mass is 221 g/mol. The minimum atomic E-state index is -0.402. The Morgan fingerprint density at radius 3 is 2.94 bits per heavy atom. The molecule has 1 amide bonds. The second kappa shape index (κ2) is 4.30. The molecule has 0 saturated carbocycles. The van der Waals surface area contributed by atoms with Crippen molar-refractivity contribution in [1.82, 2.24) is 4.98 Å². The molecule has 0 unspecified atom stereocenters. The van der Waals surface area contributed by atoms with Crippen LogP contribution in [0.5, 0.6) is 0 Å². The van der Waals surface area contributed by atoms with Gasteiger partial charge in [0.2, 0.25) is 5.91 Å². The summed E-state index contributed by atoms with van der Waals surface area (Å²) < 4.78 is 13.4. The SMILES string of the molecule is NC(=O)C1=CCN(c2ncccc2F)CC1. The first-order valence-electron chi connectivity index (χ1n) is 5.03. The molecule has 1 aliphatic rings. The summed E-state index contributed by atoms with van der Waals surface area (Å²) in [5.74, 6) is -0.429. The van der Waals surface area contributed by atoms with Crippen LogP contribution in [-0.2, 0) is 4.79 Å². The van der Waals surface area contributed by atoms with E-state index in [9.17, 15) is 9.18 Å². The van der Waals surface area contributed by atoms with Gasteiger partial charge in [-0.3, -0.25) is 4.79 Å². The van der Waals surface area contributed by atoms with Crippen LogP contribution in [0.4, 0.5) is 10.2 Å². The molecular weight excluding hydrogens is 209 g/mol. The van der Waals surface area contributed by atoms with Gasteiger partial charge in [-0.05, 0) is 18.6 Å². The molecule has 84 valence electrons. The van der Waals surface area contributed by atoms with Gasteiger partial charge in [-0.2, -0.15) is 0 Å². The molecule has 0 spiro atoms. The van der Waals surface area contributed by atoms with E-state index in [1.165, 1.54) is 6.07 Å².